The van der Waals surface area contributed by atoms with E-state index in [9.17, 15) is 9.59 Å². The van der Waals surface area contributed by atoms with Gasteiger partial charge in [-0.25, -0.2) is 4.79 Å². The fourth-order valence-corrected chi connectivity index (χ4v) is 2.81. The van der Waals surface area contributed by atoms with Gasteiger partial charge >= 0.3 is 5.69 Å². The molecule has 8 nitrogen and oxygen atoms in total. The van der Waals surface area contributed by atoms with Gasteiger partial charge in [-0.15, -0.1) is 0 Å². The van der Waals surface area contributed by atoms with E-state index >= 15 is 0 Å². The molecule has 3 N–H and O–H groups in total. The summed E-state index contributed by atoms with van der Waals surface area (Å²) in [5.74, 6) is 0.531. The quantitative estimate of drug-likeness (QED) is 0.694. The fraction of sp³-hybridized carbons (Fsp3) is 0.615. The van der Waals surface area contributed by atoms with Gasteiger partial charge < -0.3 is 15.6 Å². The number of rotatable bonds is 2. The van der Waals surface area contributed by atoms with Crippen molar-refractivity contribution in [2.75, 3.05) is 11.9 Å². The summed E-state index contributed by atoms with van der Waals surface area (Å²) < 4.78 is 2.45. The molecule has 8 heteroatoms. The Morgan fingerprint density at radius 3 is 2.76 bits per heavy atom. The predicted octanol–water partition coefficient (Wildman–Crippen LogP) is -0.487. The molecular weight excluding hydrogens is 272 g/mol. The molecule has 1 fully saturated rings. The van der Waals surface area contributed by atoms with E-state index in [0.29, 0.717) is 23.2 Å². The molecule has 2 aromatic rings. The number of piperidine rings is 1. The summed E-state index contributed by atoms with van der Waals surface area (Å²) >= 11 is 0. The molecule has 0 spiro atoms. The Hall–Kier alpha value is -2.09. The van der Waals surface area contributed by atoms with Crippen LogP contribution in [0, 0.1) is 0 Å². The lowest BCUT2D eigenvalue weighted by atomic mass is 10.0. The molecule has 0 radical (unpaired) electrons. The highest BCUT2D eigenvalue weighted by Gasteiger charge is 2.22. The summed E-state index contributed by atoms with van der Waals surface area (Å²) in [6.07, 6.45) is 2.14. The molecule has 1 aliphatic rings. The standard InChI is InChI=1S/C13H20N6O2/c1-7-8(5-4-6-14-7)15-12-16-9-10(17-12)18(2)13(21)19(3)11(9)20/h7-8,14H,4-6H2,1-3H3,(H2,15,16,17). The number of hydrogen-bond donors (Lipinski definition) is 3. The summed E-state index contributed by atoms with van der Waals surface area (Å²) in [5, 5.41) is 6.72. The van der Waals surface area contributed by atoms with Crippen molar-refractivity contribution in [3.8, 4) is 0 Å². The molecular formula is C13H20N6O2. The molecule has 114 valence electrons. The minimum atomic E-state index is -0.377. The third-order valence-electron chi connectivity index (χ3n) is 4.18. The van der Waals surface area contributed by atoms with Gasteiger partial charge in [-0.05, 0) is 26.3 Å². The molecule has 1 saturated heterocycles. The molecule has 21 heavy (non-hydrogen) atoms. The molecule has 1 aliphatic heterocycles. The van der Waals surface area contributed by atoms with Crippen LogP contribution < -0.4 is 21.9 Å². The van der Waals surface area contributed by atoms with Gasteiger partial charge in [0.25, 0.3) is 5.56 Å². The molecule has 0 saturated carbocycles. The Bertz CT molecular complexity index is 786. The zero-order valence-electron chi connectivity index (χ0n) is 12.4. The van der Waals surface area contributed by atoms with E-state index in [-0.39, 0.29) is 17.3 Å². The van der Waals surface area contributed by atoms with Crippen LogP contribution in [0.5, 0.6) is 0 Å². The van der Waals surface area contributed by atoms with Gasteiger partial charge in [0.2, 0.25) is 5.95 Å². The van der Waals surface area contributed by atoms with Gasteiger partial charge in [0.15, 0.2) is 11.2 Å². The summed E-state index contributed by atoms with van der Waals surface area (Å²) in [6.45, 7) is 3.14. The van der Waals surface area contributed by atoms with Gasteiger partial charge in [0.1, 0.15) is 0 Å². The van der Waals surface area contributed by atoms with Crippen LogP contribution in [0.1, 0.15) is 19.8 Å². The van der Waals surface area contributed by atoms with Crippen LogP contribution in [0.2, 0.25) is 0 Å². The highest BCUT2D eigenvalue weighted by Crippen LogP contribution is 2.15. The maximum atomic E-state index is 12.1. The van der Waals surface area contributed by atoms with Crippen molar-refractivity contribution >= 4 is 17.1 Å². The molecule has 2 atom stereocenters. The van der Waals surface area contributed by atoms with Crippen LogP contribution in [-0.4, -0.2) is 37.7 Å². The van der Waals surface area contributed by atoms with Gasteiger partial charge in [0, 0.05) is 26.2 Å². The van der Waals surface area contributed by atoms with Crippen molar-refractivity contribution in [2.45, 2.75) is 31.8 Å². The van der Waals surface area contributed by atoms with Gasteiger partial charge in [0.05, 0.1) is 0 Å². The highest BCUT2D eigenvalue weighted by atomic mass is 16.2. The van der Waals surface area contributed by atoms with E-state index in [4.69, 9.17) is 0 Å². The molecule has 0 aromatic carbocycles. The lowest BCUT2D eigenvalue weighted by Crippen LogP contribution is -2.46. The molecule has 2 unspecified atom stereocenters. The average molecular weight is 292 g/mol. The number of aryl methyl sites for hydroxylation is 1. The van der Waals surface area contributed by atoms with Crippen LogP contribution >= 0.6 is 0 Å². The van der Waals surface area contributed by atoms with Gasteiger partial charge in [-0.2, -0.15) is 4.98 Å². The second kappa shape index (κ2) is 5.03. The monoisotopic (exact) mass is 292 g/mol. The third kappa shape index (κ3) is 2.25. The SMILES string of the molecule is CC1NCCCC1Nc1nc2c([nH]1)c(=O)n(C)c(=O)n2C. The normalized spacial score (nSPS) is 22.6. The molecule has 3 rings (SSSR count). The number of anilines is 1. The minimum Gasteiger partial charge on any atom is -0.351 e. The van der Waals surface area contributed by atoms with E-state index in [2.05, 4.69) is 27.5 Å². The largest absolute Gasteiger partial charge is 0.351 e. The van der Waals surface area contributed by atoms with Gasteiger partial charge in [-0.1, -0.05) is 0 Å². The number of H-pyrrole nitrogens is 1. The van der Waals surface area contributed by atoms with Crippen molar-refractivity contribution in [1.82, 2.24) is 24.4 Å². The molecule has 3 heterocycles. The smallest absolute Gasteiger partial charge is 0.332 e. The van der Waals surface area contributed by atoms with Gasteiger partial charge in [-0.3, -0.25) is 13.9 Å². The van der Waals surface area contributed by atoms with E-state index in [1.807, 2.05) is 0 Å². The van der Waals surface area contributed by atoms with E-state index in [0.717, 1.165) is 24.0 Å². The zero-order valence-corrected chi connectivity index (χ0v) is 12.4. The maximum absolute atomic E-state index is 12.1. The number of aromatic amines is 1. The Morgan fingerprint density at radius 1 is 1.29 bits per heavy atom. The van der Waals surface area contributed by atoms with Crippen LogP contribution in [0.4, 0.5) is 5.95 Å². The summed E-state index contributed by atoms with van der Waals surface area (Å²) in [4.78, 5) is 31.4. The number of nitrogens with one attached hydrogen (secondary N) is 3. The Balaban J connectivity index is 2.02. The number of imidazole rings is 1. The lowest BCUT2D eigenvalue weighted by molar-refractivity contribution is 0.388. The van der Waals surface area contributed by atoms with Crippen molar-refractivity contribution in [3.05, 3.63) is 20.8 Å². The van der Waals surface area contributed by atoms with Crippen molar-refractivity contribution < 1.29 is 0 Å². The lowest BCUT2D eigenvalue weighted by Gasteiger charge is -2.30. The fourth-order valence-electron chi connectivity index (χ4n) is 2.81. The van der Waals surface area contributed by atoms with E-state index in [1.165, 1.54) is 11.6 Å². The average Bonchev–Trinajstić information content (AvgIpc) is 2.89. The molecule has 0 aliphatic carbocycles. The highest BCUT2D eigenvalue weighted by molar-refractivity contribution is 5.72. The zero-order chi connectivity index (χ0) is 15.1. The number of nitrogens with zero attached hydrogens (tertiary/aromatic N) is 3. The van der Waals surface area contributed by atoms with Crippen LogP contribution in [0.15, 0.2) is 9.59 Å². The third-order valence-corrected chi connectivity index (χ3v) is 4.18. The Morgan fingerprint density at radius 2 is 2.05 bits per heavy atom. The topological polar surface area (TPSA) is 96.7 Å². The predicted molar refractivity (Wildman–Crippen MR) is 80.7 cm³/mol. The summed E-state index contributed by atoms with van der Waals surface area (Å²) in [7, 11) is 3.07. The Labute approximate surface area is 121 Å². The number of aromatic nitrogens is 4. The number of fused-ring (bicyclic) bond motifs is 1. The molecule has 2 aromatic heterocycles. The van der Waals surface area contributed by atoms with Crippen LogP contribution in [0.25, 0.3) is 11.2 Å². The maximum Gasteiger partial charge on any atom is 0.332 e. The van der Waals surface area contributed by atoms with Crippen molar-refractivity contribution in [1.29, 1.82) is 0 Å². The van der Waals surface area contributed by atoms with E-state index < -0.39 is 0 Å². The van der Waals surface area contributed by atoms with Crippen LogP contribution in [0.3, 0.4) is 0 Å². The summed E-state index contributed by atoms with van der Waals surface area (Å²) in [6, 6.07) is 0.582. The first-order valence-corrected chi connectivity index (χ1v) is 7.14. The molecule has 0 amide bonds. The second-order valence-electron chi connectivity index (χ2n) is 5.63. The molecule has 0 bridgehead atoms. The summed E-state index contributed by atoms with van der Waals surface area (Å²) in [5.41, 5.74) is -0.0118. The minimum absolute atomic E-state index is 0.250. The van der Waals surface area contributed by atoms with Crippen molar-refractivity contribution in [3.63, 3.8) is 0 Å². The first-order valence-electron chi connectivity index (χ1n) is 7.14. The first kappa shape index (κ1) is 13.9. The van der Waals surface area contributed by atoms with Crippen LogP contribution in [-0.2, 0) is 14.1 Å². The van der Waals surface area contributed by atoms with Crippen molar-refractivity contribution in [2.24, 2.45) is 14.1 Å². The van der Waals surface area contributed by atoms with E-state index in [1.54, 1.807) is 7.05 Å². The second-order valence-corrected chi connectivity index (χ2v) is 5.63. The number of hydrogen-bond acceptors (Lipinski definition) is 5. The first-order chi connectivity index (χ1) is 9.99. The Kier molecular flexibility index (Phi) is 3.32.